The summed E-state index contributed by atoms with van der Waals surface area (Å²) in [5.74, 6) is 0. The molecule has 74 valence electrons. The lowest BCUT2D eigenvalue weighted by Gasteiger charge is -2.00. The predicted molar refractivity (Wildman–Crippen MR) is 59.1 cm³/mol. The number of rotatable bonds is 1. The van der Waals surface area contributed by atoms with Gasteiger partial charge in [-0.2, -0.15) is 0 Å². The normalized spacial score (nSPS) is 24.4. The highest BCUT2D eigenvalue weighted by molar-refractivity contribution is 6.31. The van der Waals surface area contributed by atoms with Crippen molar-refractivity contribution in [3.05, 3.63) is 34.6 Å². The summed E-state index contributed by atoms with van der Waals surface area (Å²) in [7, 11) is 0. The molecule has 0 saturated heterocycles. The van der Waals surface area contributed by atoms with Crippen LogP contribution in [0.15, 0.2) is 24.0 Å². The van der Waals surface area contributed by atoms with E-state index in [0.717, 1.165) is 24.8 Å². The van der Waals surface area contributed by atoms with Gasteiger partial charge in [0.05, 0.1) is 5.02 Å². The van der Waals surface area contributed by atoms with E-state index in [1.807, 2.05) is 6.07 Å². The van der Waals surface area contributed by atoms with Crippen LogP contribution in [-0.4, -0.2) is 11.0 Å². The highest BCUT2D eigenvalue weighted by atomic mass is 35.5. The van der Waals surface area contributed by atoms with Crippen LogP contribution in [0.3, 0.4) is 0 Å². The molecular formula is C11H13ClN2. The molecule has 1 aliphatic carbocycles. The van der Waals surface area contributed by atoms with Crippen molar-refractivity contribution >= 4 is 17.7 Å². The van der Waals surface area contributed by atoms with Crippen LogP contribution < -0.4 is 5.73 Å². The van der Waals surface area contributed by atoms with Crippen molar-refractivity contribution < 1.29 is 0 Å². The molecule has 0 amide bonds. The fourth-order valence-electron chi connectivity index (χ4n) is 1.77. The molecule has 1 unspecified atom stereocenters. The van der Waals surface area contributed by atoms with Crippen molar-refractivity contribution in [2.75, 3.05) is 0 Å². The first-order valence-electron chi connectivity index (χ1n) is 4.80. The monoisotopic (exact) mass is 208 g/mol. The van der Waals surface area contributed by atoms with Gasteiger partial charge in [-0.1, -0.05) is 23.3 Å². The van der Waals surface area contributed by atoms with Gasteiger partial charge in [-0.15, -0.1) is 0 Å². The molecule has 3 heteroatoms. The molecule has 2 nitrogen and oxygen atoms in total. The van der Waals surface area contributed by atoms with Crippen LogP contribution in [0.25, 0.3) is 6.08 Å². The average molecular weight is 209 g/mol. The summed E-state index contributed by atoms with van der Waals surface area (Å²) in [5, 5.41) is 0.709. The third-order valence-corrected chi connectivity index (χ3v) is 2.84. The fraction of sp³-hybridized carbons (Fsp3) is 0.364. The van der Waals surface area contributed by atoms with Crippen LogP contribution in [0.2, 0.25) is 5.02 Å². The number of nitrogens with zero attached hydrogens (tertiary/aromatic N) is 1. The molecule has 1 fully saturated rings. The van der Waals surface area contributed by atoms with Crippen molar-refractivity contribution in [3.63, 3.8) is 0 Å². The molecule has 1 heterocycles. The van der Waals surface area contributed by atoms with Gasteiger partial charge in [0.1, 0.15) is 0 Å². The van der Waals surface area contributed by atoms with Gasteiger partial charge in [-0.25, -0.2) is 0 Å². The van der Waals surface area contributed by atoms with Crippen molar-refractivity contribution in [2.24, 2.45) is 5.73 Å². The van der Waals surface area contributed by atoms with Gasteiger partial charge in [-0.05, 0) is 30.9 Å². The molecule has 2 rings (SSSR count). The zero-order valence-electron chi connectivity index (χ0n) is 7.91. The van der Waals surface area contributed by atoms with E-state index in [2.05, 4.69) is 11.1 Å². The third-order valence-electron chi connectivity index (χ3n) is 2.52. The second-order valence-corrected chi connectivity index (χ2v) is 4.11. The summed E-state index contributed by atoms with van der Waals surface area (Å²) in [4.78, 5) is 3.95. The van der Waals surface area contributed by atoms with Crippen LogP contribution in [0.5, 0.6) is 0 Å². The summed E-state index contributed by atoms with van der Waals surface area (Å²) in [6.07, 6.45) is 8.75. The second-order valence-electron chi connectivity index (χ2n) is 3.70. The Hall–Kier alpha value is -0.860. The van der Waals surface area contributed by atoms with E-state index in [9.17, 15) is 0 Å². The van der Waals surface area contributed by atoms with E-state index < -0.39 is 0 Å². The maximum absolute atomic E-state index is 6.00. The molecule has 1 atom stereocenters. The largest absolute Gasteiger partial charge is 0.327 e. The molecule has 0 bridgehead atoms. The molecule has 0 spiro atoms. The van der Waals surface area contributed by atoms with E-state index in [-0.39, 0.29) is 0 Å². The highest BCUT2D eigenvalue weighted by Crippen LogP contribution is 2.27. The summed E-state index contributed by atoms with van der Waals surface area (Å²) in [6.45, 7) is 0. The Morgan fingerprint density at radius 3 is 3.07 bits per heavy atom. The minimum Gasteiger partial charge on any atom is -0.327 e. The van der Waals surface area contributed by atoms with Crippen LogP contribution in [0.4, 0.5) is 0 Å². The number of hydrogen-bond donors (Lipinski definition) is 1. The van der Waals surface area contributed by atoms with Crippen molar-refractivity contribution in [2.45, 2.75) is 25.3 Å². The molecular weight excluding hydrogens is 196 g/mol. The van der Waals surface area contributed by atoms with Crippen LogP contribution >= 0.6 is 11.6 Å². The predicted octanol–water partition coefficient (Wildman–Crippen LogP) is 2.63. The lowest BCUT2D eigenvalue weighted by Crippen LogP contribution is -2.13. The first-order valence-corrected chi connectivity index (χ1v) is 5.18. The number of aromatic nitrogens is 1. The average Bonchev–Trinajstić information content (AvgIpc) is 2.56. The molecule has 0 radical (unpaired) electrons. The van der Waals surface area contributed by atoms with Crippen molar-refractivity contribution in [1.29, 1.82) is 0 Å². The Morgan fingerprint density at radius 1 is 1.57 bits per heavy atom. The summed E-state index contributed by atoms with van der Waals surface area (Å²) >= 11 is 6.00. The highest BCUT2D eigenvalue weighted by Gasteiger charge is 2.15. The maximum Gasteiger partial charge on any atom is 0.0661 e. The lowest BCUT2D eigenvalue weighted by atomic mass is 10.1. The van der Waals surface area contributed by atoms with Crippen LogP contribution in [0.1, 0.15) is 24.8 Å². The van der Waals surface area contributed by atoms with Crippen molar-refractivity contribution in [3.8, 4) is 0 Å². The van der Waals surface area contributed by atoms with E-state index >= 15 is 0 Å². The number of halogens is 1. The number of nitrogens with two attached hydrogens (primary N) is 1. The fourth-order valence-corrected chi connectivity index (χ4v) is 1.94. The Kier molecular flexibility index (Phi) is 2.85. The molecule has 14 heavy (non-hydrogen) atoms. The Bertz CT molecular complexity index is 360. The van der Waals surface area contributed by atoms with Gasteiger partial charge >= 0.3 is 0 Å². The second kappa shape index (κ2) is 4.11. The topological polar surface area (TPSA) is 38.9 Å². The van der Waals surface area contributed by atoms with Crippen molar-refractivity contribution in [1.82, 2.24) is 4.98 Å². The Balaban J connectivity index is 2.21. The van der Waals surface area contributed by atoms with E-state index in [1.165, 1.54) is 5.57 Å². The van der Waals surface area contributed by atoms with Gasteiger partial charge in [0, 0.05) is 18.4 Å². The van der Waals surface area contributed by atoms with Crippen LogP contribution in [0, 0.1) is 0 Å². The minimum absolute atomic E-state index is 0.335. The van der Waals surface area contributed by atoms with E-state index in [0.29, 0.717) is 11.1 Å². The van der Waals surface area contributed by atoms with Gasteiger partial charge in [-0.3, -0.25) is 4.98 Å². The zero-order chi connectivity index (χ0) is 9.97. The van der Waals surface area contributed by atoms with Gasteiger partial charge in [0.2, 0.25) is 0 Å². The third kappa shape index (κ3) is 2.14. The zero-order valence-corrected chi connectivity index (χ0v) is 8.67. The first kappa shape index (κ1) is 9.69. The molecule has 2 N–H and O–H groups in total. The Morgan fingerprint density at radius 2 is 2.43 bits per heavy atom. The van der Waals surface area contributed by atoms with E-state index in [1.54, 1.807) is 12.4 Å². The standard InChI is InChI=1S/C11H13ClN2/c12-11-7-14-4-3-9(11)5-8-1-2-10(13)6-8/h3-5,7,10H,1-2,6,13H2. The Labute approximate surface area is 88.8 Å². The summed E-state index contributed by atoms with van der Waals surface area (Å²) in [6, 6.07) is 2.26. The van der Waals surface area contributed by atoms with Gasteiger partial charge in [0.15, 0.2) is 0 Å². The summed E-state index contributed by atoms with van der Waals surface area (Å²) in [5.41, 5.74) is 8.27. The SMILES string of the molecule is NC1CCC(=Cc2ccncc2Cl)C1. The molecule has 1 aromatic heterocycles. The number of pyridine rings is 1. The molecule has 0 aliphatic heterocycles. The molecule has 0 aromatic carbocycles. The number of hydrogen-bond acceptors (Lipinski definition) is 2. The molecule has 1 aromatic rings. The summed E-state index contributed by atoms with van der Waals surface area (Å²) < 4.78 is 0. The quantitative estimate of drug-likeness (QED) is 0.771. The van der Waals surface area contributed by atoms with Gasteiger partial charge in [0.25, 0.3) is 0 Å². The molecule has 1 saturated carbocycles. The smallest absolute Gasteiger partial charge is 0.0661 e. The van der Waals surface area contributed by atoms with E-state index in [4.69, 9.17) is 17.3 Å². The first-order chi connectivity index (χ1) is 6.75. The maximum atomic E-state index is 6.00. The van der Waals surface area contributed by atoms with Gasteiger partial charge < -0.3 is 5.73 Å². The van der Waals surface area contributed by atoms with Crippen LogP contribution in [-0.2, 0) is 0 Å². The molecule has 1 aliphatic rings. The lowest BCUT2D eigenvalue weighted by molar-refractivity contribution is 0.711. The minimum atomic E-state index is 0.335.